The molecular formula is C17H17N3O2S. The molecule has 0 atom stereocenters. The third kappa shape index (κ3) is 3.48. The molecule has 0 aliphatic carbocycles. The molecule has 0 spiro atoms. The highest BCUT2D eigenvalue weighted by Crippen LogP contribution is 2.31. The first kappa shape index (κ1) is 15.4. The molecule has 0 bridgehead atoms. The van der Waals surface area contributed by atoms with E-state index in [1.54, 1.807) is 11.3 Å². The molecule has 0 aliphatic heterocycles. The van der Waals surface area contributed by atoms with Crippen molar-refractivity contribution in [1.82, 2.24) is 9.97 Å². The second-order valence-electron chi connectivity index (χ2n) is 5.30. The van der Waals surface area contributed by atoms with Gasteiger partial charge in [-0.25, -0.2) is 9.97 Å². The lowest BCUT2D eigenvalue weighted by Crippen LogP contribution is -2.01. The van der Waals surface area contributed by atoms with E-state index in [0.717, 1.165) is 39.5 Å². The summed E-state index contributed by atoms with van der Waals surface area (Å²) in [7, 11) is 0. The van der Waals surface area contributed by atoms with Gasteiger partial charge in [-0.2, -0.15) is 0 Å². The highest BCUT2D eigenvalue weighted by molar-refractivity contribution is 7.18. The number of anilines is 2. The Hall–Kier alpha value is -2.47. The summed E-state index contributed by atoms with van der Waals surface area (Å²) in [5.74, 6) is 0.686. The maximum absolute atomic E-state index is 10.7. The van der Waals surface area contributed by atoms with Gasteiger partial charge in [0.25, 0.3) is 0 Å². The molecule has 23 heavy (non-hydrogen) atoms. The molecule has 3 aromatic rings. The minimum atomic E-state index is -0.829. The smallest absolute Gasteiger partial charge is 0.307 e. The number of hydrogen-bond acceptors (Lipinski definition) is 5. The monoisotopic (exact) mass is 327 g/mol. The van der Waals surface area contributed by atoms with Crippen molar-refractivity contribution in [3.8, 4) is 0 Å². The van der Waals surface area contributed by atoms with Gasteiger partial charge in [-0.3, -0.25) is 4.79 Å². The van der Waals surface area contributed by atoms with E-state index in [2.05, 4.69) is 28.3 Å². The number of aliphatic carboxylic acids is 1. The van der Waals surface area contributed by atoms with Crippen LogP contribution in [0.5, 0.6) is 0 Å². The summed E-state index contributed by atoms with van der Waals surface area (Å²) in [5.41, 5.74) is 1.65. The van der Waals surface area contributed by atoms with Crippen LogP contribution >= 0.6 is 11.3 Å². The van der Waals surface area contributed by atoms with E-state index in [-0.39, 0.29) is 6.42 Å². The SMILES string of the molecule is CCc1cc2c(Nc3ccc(CC(=O)O)cc3)nc(C)nc2s1. The molecule has 118 valence electrons. The van der Waals surface area contributed by atoms with Gasteiger partial charge in [0.05, 0.1) is 11.8 Å². The first-order chi connectivity index (χ1) is 11.0. The number of nitrogens with zero attached hydrogens (tertiary/aromatic N) is 2. The molecule has 0 aliphatic rings. The number of aromatic nitrogens is 2. The van der Waals surface area contributed by atoms with Crippen LogP contribution in [-0.4, -0.2) is 21.0 Å². The van der Waals surface area contributed by atoms with Crippen molar-refractivity contribution in [2.75, 3.05) is 5.32 Å². The van der Waals surface area contributed by atoms with Crippen molar-refractivity contribution in [1.29, 1.82) is 0 Å². The van der Waals surface area contributed by atoms with Crippen LogP contribution in [0.25, 0.3) is 10.2 Å². The van der Waals surface area contributed by atoms with Gasteiger partial charge in [0.2, 0.25) is 0 Å². The predicted octanol–water partition coefficient (Wildman–Crippen LogP) is 3.93. The van der Waals surface area contributed by atoms with Crippen molar-refractivity contribution in [3.63, 3.8) is 0 Å². The highest BCUT2D eigenvalue weighted by Gasteiger charge is 2.10. The molecule has 0 saturated heterocycles. The molecule has 0 unspecified atom stereocenters. The van der Waals surface area contributed by atoms with Gasteiger partial charge in [0, 0.05) is 10.6 Å². The van der Waals surface area contributed by atoms with E-state index in [1.165, 1.54) is 4.88 Å². The molecule has 0 amide bonds. The number of rotatable bonds is 5. The van der Waals surface area contributed by atoms with E-state index < -0.39 is 5.97 Å². The van der Waals surface area contributed by atoms with E-state index >= 15 is 0 Å². The Balaban J connectivity index is 1.91. The second kappa shape index (κ2) is 6.34. The van der Waals surface area contributed by atoms with Gasteiger partial charge in [0.1, 0.15) is 16.5 Å². The number of benzene rings is 1. The fraction of sp³-hybridized carbons (Fsp3) is 0.235. The first-order valence-corrected chi connectivity index (χ1v) is 8.21. The van der Waals surface area contributed by atoms with E-state index in [9.17, 15) is 4.79 Å². The van der Waals surface area contributed by atoms with Crippen molar-refractivity contribution in [3.05, 3.63) is 46.6 Å². The fourth-order valence-corrected chi connectivity index (χ4v) is 3.38. The zero-order valence-electron chi connectivity index (χ0n) is 13.0. The fourth-order valence-electron chi connectivity index (χ4n) is 2.36. The zero-order valence-corrected chi connectivity index (χ0v) is 13.8. The number of thiophene rings is 1. The van der Waals surface area contributed by atoms with Crippen LogP contribution in [0, 0.1) is 6.92 Å². The summed E-state index contributed by atoms with van der Waals surface area (Å²) >= 11 is 1.69. The third-order valence-corrected chi connectivity index (χ3v) is 4.65. The van der Waals surface area contributed by atoms with Crippen LogP contribution in [0.15, 0.2) is 30.3 Å². The summed E-state index contributed by atoms with van der Waals surface area (Å²) in [6, 6.07) is 9.49. The normalized spacial score (nSPS) is 10.9. The van der Waals surface area contributed by atoms with Crippen LogP contribution in [0.1, 0.15) is 23.2 Å². The maximum Gasteiger partial charge on any atom is 0.307 e. The number of aryl methyl sites for hydroxylation is 2. The molecule has 2 N–H and O–H groups in total. The Morgan fingerprint density at radius 1 is 1.26 bits per heavy atom. The number of nitrogens with one attached hydrogen (secondary N) is 1. The Labute approximate surface area is 138 Å². The topological polar surface area (TPSA) is 75.1 Å². The third-order valence-electron chi connectivity index (χ3n) is 3.48. The largest absolute Gasteiger partial charge is 0.481 e. The lowest BCUT2D eigenvalue weighted by atomic mass is 10.1. The van der Waals surface area contributed by atoms with Crippen molar-refractivity contribution in [2.45, 2.75) is 26.7 Å². The molecule has 2 aromatic heterocycles. The van der Waals surface area contributed by atoms with Gasteiger partial charge in [-0.05, 0) is 37.1 Å². The predicted molar refractivity (Wildman–Crippen MR) is 92.6 cm³/mol. The molecule has 0 saturated carbocycles. The van der Waals surface area contributed by atoms with Crippen LogP contribution in [0.2, 0.25) is 0 Å². The van der Waals surface area contributed by atoms with E-state index in [4.69, 9.17) is 5.11 Å². The standard InChI is InChI=1S/C17H17N3O2S/c1-3-13-9-14-16(18-10(2)19-17(14)23-13)20-12-6-4-11(5-7-12)8-15(21)22/h4-7,9H,3,8H2,1-2H3,(H,21,22)(H,18,19,20). The first-order valence-electron chi connectivity index (χ1n) is 7.40. The second-order valence-corrected chi connectivity index (χ2v) is 6.41. The summed E-state index contributed by atoms with van der Waals surface area (Å²) in [6.45, 7) is 4.01. The summed E-state index contributed by atoms with van der Waals surface area (Å²) in [6.07, 6.45) is 1.00. The maximum atomic E-state index is 10.7. The van der Waals surface area contributed by atoms with Crippen molar-refractivity contribution in [2.24, 2.45) is 0 Å². The van der Waals surface area contributed by atoms with E-state index in [0.29, 0.717) is 0 Å². The van der Waals surface area contributed by atoms with Gasteiger partial charge >= 0.3 is 5.97 Å². The number of fused-ring (bicyclic) bond motifs is 1. The Morgan fingerprint density at radius 3 is 2.65 bits per heavy atom. The molecule has 2 heterocycles. The molecular weight excluding hydrogens is 310 g/mol. The molecule has 5 nitrogen and oxygen atoms in total. The van der Waals surface area contributed by atoms with Crippen LogP contribution in [-0.2, 0) is 17.6 Å². The minimum Gasteiger partial charge on any atom is -0.481 e. The van der Waals surface area contributed by atoms with Gasteiger partial charge in [-0.1, -0.05) is 19.1 Å². The van der Waals surface area contributed by atoms with Gasteiger partial charge in [0.15, 0.2) is 0 Å². The Bertz CT molecular complexity index is 856. The quantitative estimate of drug-likeness (QED) is 0.742. The summed E-state index contributed by atoms with van der Waals surface area (Å²) in [5, 5.41) is 13.1. The summed E-state index contributed by atoms with van der Waals surface area (Å²) < 4.78 is 0. The molecule has 3 rings (SSSR count). The van der Waals surface area contributed by atoms with E-state index in [1.807, 2.05) is 31.2 Å². The van der Waals surface area contributed by atoms with Crippen LogP contribution in [0.4, 0.5) is 11.5 Å². The zero-order chi connectivity index (χ0) is 16.4. The molecule has 0 fully saturated rings. The van der Waals surface area contributed by atoms with Gasteiger partial charge in [-0.15, -0.1) is 11.3 Å². The Kier molecular flexibility index (Phi) is 4.25. The van der Waals surface area contributed by atoms with Crippen molar-refractivity contribution < 1.29 is 9.90 Å². The lowest BCUT2D eigenvalue weighted by Gasteiger charge is -2.08. The molecule has 0 radical (unpaired) electrons. The Morgan fingerprint density at radius 2 is 2.00 bits per heavy atom. The minimum absolute atomic E-state index is 0.0293. The number of hydrogen-bond donors (Lipinski definition) is 2. The number of carbonyl (C=O) groups is 1. The number of carboxylic acid groups (broad SMARTS) is 1. The van der Waals surface area contributed by atoms with Crippen LogP contribution < -0.4 is 5.32 Å². The molecule has 6 heteroatoms. The average molecular weight is 327 g/mol. The average Bonchev–Trinajstić information content (AvgIpc) is 2.92. The van der Waals surface area contributed by atoms with Crippen molar-refractivity contribution >= 4 is 39.0 Å². The van der Waals surface area contributed by atoms with Crippen LogP contribution in [0.3, 0.4) is 0 Å². The molecule has 1 aromatic carbocycles. The number of carboxylic acids is 1. The van der Waals surface area contributed by atoms with Gasteiger partial charge < -0.3 is 10.4 Å². The summed E-state index contributed by atoms with van der Waals surface area (Å²) in [4.78, 5) is 22.0. The lowest BCUT2D eigenvalue weighted by molar-refractivity contribution is -0.136. The highest BCUT2D eigenvalue weighted by atomic mass is 32.1.